The van der Waals surface area contributed by atoms with Crippen LogP contribution in [0.15, 0.2) is 133 Å². The third kappa shape index (κ3) is 2.57. The number of hydrogen-bond donors (Lipinski definition) is 0. The Bertz CT molecular complexity index is 1920. The van der Waals surface area contributed by atoms with Gasteiger partial charge in [-0.2, -0.15) is 0 Å². The number of benzene rings is 6. The maximum Gasteiger partial charge on any atom is 0.329 e. The highest BCUT2D eigenvalue weighted by atomic mass is 14.9. The molecule has 174 valence electrons. The van der Waals surface area contributed by atoms with Crippen molar-refractivity contribution < 1.29 is 0 Å². The fourth-order valence-corrected chi connectivity index (χ4v) is 6.98. The molecule has 0 saturated heterocycles. The van der Waals surface area contributed by atoms with E-state index in [4.69, 9.17) is 0 Å². The minimum absolute atomic E-state index is 0.174. The highest BCUT2D eigenvalue weighted by Crippen LogP contribution is 2.47. The summed E-state index contributed by atoms with van der Waals surface area (Å²) in [5, 5.41) is 2.67. The summed E-state index contributed by atoms with van der Waals surface area (Å²) in [6.45, 7) is 0.174. The number of hydrogen-bond acceptors (Lipinski definition) is 0. The van der Waals surface area contributed by atoms with Crippen LogP contribution in [0.4, 0.5) is 0 Å². The zero-order valence-corrected chi connectivity index (χ0v) is 20.7. The number of aromatic nitrogens is 1. The Morgan fingerprint density at radius 3 is 1.26 bits per heavy atom. The highest BCUT2D eigenvalue weighted by Gasteiger charge is 2.39. The molecule has 0 bridgehead atoms. The summed E-state index contributed by atoms with van der Waals surface area (Å²) >= 11 is 0. The van der Waals surface area contributed by atoms with E-state index < -0.39 is 0 Å². The normalized spacial score (nSPS) is 12.7. The van der Waals surface area contributed by atoms with Gasteiger partial charge in [-0.15, -0.1) is 0 Å². The summed E-state index contributed by atoms with van der Waals surface area (Å²) in [5.74, 6) is 0. The lowest BCUT2D eigenvalue weighted by Crippen LogP contribution is -2.53. The van der Waals surface area contributed by atoms with Gasteiger partial charge in [-0.25, -0.2) is 0 Å². The minimum Gasteiger partial charge on any atom is -0.375 e. The van der Waals surface area contributed by atoms with Gasteiger partial charge < -0.3 is 4.48 Å². The van der Waals surface area contributed by atoms with Crippen LogP contribution in [0.2, 0.25) is 0 Å². The van der Waals surface area contributed by atoms with E-state index in [-0.39, 0.29) is 6.85 Å². The first kappa shape index (κ1) is 20.3. The van der Waals surface area contributed by atoms with Gasteiger partial charge in [0.15, 0.2) is 0 Å². The van der Waals surface area contributed by atoms with E-state index in [2.05, 4.69) is 138 Å². The predicted octanol–water partition coefficient (Wildman–Crippen LogP) is 7.74. The number of fused-ring (bicyclic) bond motifs is 7. The van der Waals surface area contributed by atoms with Gasteiger partial charge in [0.05, 0.1) is 0 Å². The van der Waals surface area contributed by atoms with Gasteiger partial charge in [0.2, 0.25) is 0 Å². The van der Waals surface area contributed by atoms with Crippen LogP contribution in [-0.4, -0.2) is 11.3 Å². The molecule has 2 heteroatoms. The smallest absolute Gasteiger partial charge is 0.329 e. The monoisotopic (exact) mass is 479 g/mol. The molecule has 1 nitrogen and oxygen atoms in total. The SMILES string of the molecule is c1ccc(-c2cc3c4c(c2)c2cc(-c5ccccc5)cc5c2n4B(c2ccccc2-3)c2ccccc2-5)cc1. The summed E-state index contributed by atoms with van der Waals surface area (Å²) in [4.78, 5) is 0. The zero-order chi connectivity index (χ0) is 24.8. The van der Waals surface area contributed by atoms with Crippen LogP contribution in [-0.2, 0) is 0 Å². The van der Waals surface area contributed by atoms with Crippen molar-refractivity contribution in [3.63, 3.8) is 0 Å². The molecule has 2 aliphatic rings. The molecular formula is C36H22BN. The first-order valence-electron chi connectivity index (χ1n) is 13.3. The van der Waals surface area contributed by atoms with Gasteiger partial charge in [0.25, 0.3) is 0 Å². The Kier molecular flexibility index (Phi) is 3.93. The van der Waals surface area contributed by atoms with Gasteiger partial charge in [0, 0.05) is 32.9 Å². The molecule has 0 N–H and O–H groups in total. The lowest BCUT2D eigenvalue weighted by Gasteiger charge is -2.32. The van der Waals surface area contributed by atoms with E-state index >= 15 is 0 Å². The second-order valence-corrected chi connectivity index (χ2v) is 10.5. The van der Waals surface area contributed by atoms with Crippen molar-refractivity contribution in [2.45, 2.75) is 0 Å². The molecule has 1 aromatic heterocycles. The Hall–Kier alpha value is -4.82. The van der Waals surface area contributed by atoms with Gasteiger partial charge in [0.1, 0.15) is 0 Å². The Labute approximate surface area is 221 Å². The predicted molar refractivity (Wildman–Crippen MR) is 162 cm³/mol. The van der Waals surface area contributed by atoms with Crippen LogP contribution in [0.3, 0.4) is 0 Å². The van der Waals surface area contributed by atoms with E-state index in [1.165, 1.54) is 77.2 Å². The van der Waals surface area contributed by atoms with Crippen molar-refractivity contribution in [2.75, 3.05) is 0 Å². The molecule has 7 aromatic rings. The zero-order valence-electron chi connectivity index (χ0n) is 20.7. The molecule has 6 aromatic carbocycles. The van der Waals surface area contributed by atoms with Crippen molar-refractivity contribution in [3.8, 4) is 44.5 Å². The molecule has 38 heavy (non-hydrogen) atoms. The minimum atomic E-state index is 0.174. The summed E-state index contributed by atoms with van der Waals surface area (Å²) in [5.41, 5.74) is 15.9. The average Bonchev–Trinajstić information content (AvgIpc) is 3.33. The van der Waals surface area contributed by atoms with Crippen molar-refractivity contribution in [1.29, 1.82) is 0 Å². The van der Waals surface area contributed by atoms with Crippen molar-refractivity contribution in [2.24, 2.45) is 0 Å². The summed E-state index contributed by atoms with van der Waals surface area (Å²) in [6, 6.07) is 49.3. The molecule has 0 fully saturated rings. The summed E-state index contributed by atoms with van der Waals surface area (Å²) < 4.78 is 2.64. The molecule has 0 spiro atoms. The summed E-state index contributed by atoms with van der Waals surface area (Å²) in [7, 11) is 0. The van der Waals surface area contributed by atoms with Crippen LogP contribution >= 0.6 is 0 Å². The van der Waals surface area contributed by atoms with Crippen LogP contribution in [0.1, 0.15) is 0 Å². The van der Waals surface area contributed by atoms with Crippen LogP contribution in [0, 0.1) is 0 Å². The molecule has 2 aliphatic heterocycles. The van der Waals surface area contributed by atoms with Crippen LogP contribution in [0.25, 0.3) is 66.3 Å². The lowest BCUT2D eigenvalue weighted by molar-refractivity contribution is 1.31. The molecule has 0 unspecified atom stereocenters. The maximum absolute atomic E-state index is 2.64. The lowest BCUT2D eigenvalue weighted by atomic mass is 9.45. The second-order valence-electron chi connectivity index (χ2n) is 10.5. The van der Waals surface area contributed by atoms with E-state index in [9.17, 15) is 0 Å². The molecule has 0 amide bonds. The molecule has 9 rings (SSSR count). The van der Waals surface area contributed by atoms with Gasteiger partial charge >= 0.3 is 6.85 Å². The molecule has 0 saturated carbocycles. The standard InChI is InChI=1S/C36H22BN/c1-3-11-23(12-4-1)25-19-29-27-15-7-9-17-33(27)37-34-18-10-8-16-28(34)30-20-26(24-13-5-2-6-14-24)22-32-31(21-25)35(29)38(37)36(30)32/h1-22H. The third-order valence-electron chi connectivity index (χ3n) is 8.56. The maximum atomic E-state index is 2.64. The van der Waals surface area contributed by atoms with E-state index in [0.717, 1.165) is 0 Å². The second kappa shape index (κ2) is 7.37. The topological polar surface area (TPSA) is 4.93 Å². The van der Waals surface area contributed by atoms with Gasteiger partial charge in [-0.05, 0) is 68.6 Å². The fraction of sp³-hybridized carbons (Fsp3) is 0. The van der Waals surface area contributed by atoms with Crippen LogP contribution < -0.4 is 10.9 Å². The Morgan fingerprint density at radius 2 is 0.789 bits per heavy atom. The molecule has 0 radical (unpaired) electrons. The van der Waals surface area contributed by atoms with Crippen molar-refractivity contribution >= 4 is 39.6 Å². The molecular weight excluding hydrogens is 457 g/mol. The Morgan fingerprint density at radius 1 is 0.368 bits per heavy atom. The summed E-state index contributed by atoms with van der Waals surface area (Å²) in [6.07, 6.45) is 0. The van der Waals surface area contributed by atoms with Crippen molar-refractivity contribution in [3.05, 3.63) is 133 Å². The first-order valence-corrected chi connectivity index (χ1v) is 13.3. The first-order chi connectivity index (χ1) is 18.9. The quantitative estimate of drug-likeness (QED) is 0.224. The molecule has 3 heterocycles. The average molecular weight is 479 g/mol. The fourth-order valence-electron chi connectivity index (χ4n) is 6.98. The molecule has 0 atom stereocenters. The molecule has 0 aliphatic carbocycles. The van der Waals surface area contributed by atoms with Crippen LogP contribution in [0.5, 0.6) is 0 Å². The number of rotatable bonds is 2. The highest BCUT2D eigenvalue weighted by molar-refractivity contribution is 6.88. The van der Waals surface area contributed by atoms with E-state index in [1.54, 1.807) is 0 Å². The Balaban J connectivity index is 1.52. The van der Waals surface area contributed by atoms with E-state index in [1.807, 2.05) is 0 Å². The van der Waals surface area contributed by atoms with Gasteiger partial charge in [-0.1, -0.05) is 109 Å². The van der Waals surface area contributed by atoms with Crippen molar-refractivity contribution in [1.82, 2.24) is 4.48 Å². The third-order valence-corrected chi connectivity index (χ3v) is 8.56. The van der Waals surface area contributed by atoms with E-state index in [0.29, 0.717) is 0 Å². The largest absolute Gasteiger partial charge is 0.375 e. The number of nitrogens with zero attached hydrogens (tertiary/aromatic N) is 1. The van der Waals surface area contributed by atoms with Gasteiger partial charge in [-0.3, -0.25) is 0 Å².